The van der Waals surface area contributed by atoms with Crippen molar-refractivity contribution in [2.45, 2.75) is 0 Å². The molecule has 0 aromatic heterocycles. The molecule has 0 atom stereocenters. The van der Waals surface area contributed by atoms with Crippen LogP contribution in [-0.4, -0.2) is 16.2 Å². The average molecular weight is 127 g/mol. The summed E-state index contributed by atoms with van der Waals surface area (Å²) in [6.07, 6.45) is 0. The Bertz CT molecular complexity index is 11.6. The Morgan fingerprint density at radius 1 is 1.50 bits per heavy atom. The molecule has 4 heteroatoms. The fourth-order valence-electron chi connectivity index (χ4n) is 0. The molecule has 1 radical (unpaired) electrons. The van der Waals surface area contributed by atoms with Gasteiger partial charge in [0.25, 0.3) is 0 Å². The van der Waals surface area contributed by atoms with Gasteiger partial charge in [-0.15, -0.1) is 0 Å². The molecule has 4 heavy (non-hydrogen) atoms. The summed E-state index contributed by atoms with van der Waals surface area (Å²) in [5.41, 5.74) is 0. The van der Waals surface area contributed by atoms with Crippen LogP contribution in [0.25, 0.3) is 0 Å². The third-order valence-corrected chi connectivity index (χ3v) is 0. The van der Waals surface area contributed by atoms with Crippen molar-refractivity contribution in [3.8, 4) is 0 Å². The predicted octanol–water partition coefficient (Wildman–Crippen LogP) is -3.65. The third kappa shape index (κ3) is 9.15. The van der Waals surface area contributed by atoms with Gasteiger partial charge in [-0.3, -0.25) is 0 Å². The quantitative estimate of drug-likeness (QED) is 0.306. The van der Waals surface area contributed by atoms with E-state index in [0.29, 0.717) is 16.2 Å². The van der Waals surface area contributed by atoms with Gasteiger partial charge in [-0.2, -0.15) is 0 Å². The molecule has 0 amide bonds. The molecule has 0 saturated heterocycles. The molecule has 0 heterocycles. The zero-order valence-corrected chi connectivity index (χ0v) is 6.90. The summed E-state index contributed by atoms with van der Waals surface area (Å²) in [6, 6.07) is 0. The van der Waals surface area contributed by atoms with E-state index in [-0.39, 0.29) is 47.8 Å². The van der Waals surface area contributed by atoms with Crippen LogP contribution in [-0.2, 0) is 20.6 Å². The van der Waals surface area contributed by atoms with Gasteiger partial charge in [-0.25, -0.2) is 0 Å². The molecule has 21 valence electrons. The van der Waals surface area contributed by atoms with Crippen molar-refractivity contribution in [3.05, 3.63) is 0 Å². The first-order chi connectivity index (χ1) is 1.00. The van der Waals surface area contributed by atoms with Gasteiger partial charge in [0, 0.05) is 16.8 Å². The zero-order chi connectivity index (χ0) is 2.00. The Hall–Kier alpha value is 1.84. The normalized spacial score (nSPS) is 0.750. The van der Waals surface area contributed by atoms with Crippen LogP contribution < -0.4 is 29.6 Å². The van der Waals surface area contributed by atoms with Gasteiger partial charge in [0.2, 0.25) is 0 Å². The van der Waals surface area contributed by atoms with Crippen LogP contribution in [0, 0.1) is 0 Å². The van der Waals surface area contributed by atoms with Gasteiger partial charge < -0.3 is 1.43 Å². The van der Waals surface area contributed by atoms with Crippen molar-refractivity contribution in [2.75, 3.05) is 0 Å². The fourth-order valence-corrected chi connectivity index (χ4v) is 0. The van der Waals surface area contributed by atoms with Crippen LogP contribution >= 0.6 is 0 Å². The van der Waals surface area contributed by atoms with Crippen LogP contribution in [0.3, 0.4) is 0 Å². The van der Waals surface area contributed by atoms with Crippen molar-refractivity contribution >= 4 is 16.2 Å². The van der Waals surface area contributed by atoms with Crippen LogP contribution in [0.4, 0.5) is 0 Å². The summed E-state index contributed by atoms with van der Waals surface area (Å²) in [4.78, 5) is 0. The first-order valence-corrected chi connectivity index (χ1v) is 0.866. The molecule has 0 aliphatic rings. The summed E-state index contributed by atoms with van der Waals surface area (Å²) < 4.78 is 8.28. The molecule has 0 bridgehead atoms. The summed E-state index contributed by atoms with van der Waals surface area (Å²) >= 11 is 0.611. The third-order valence-electron chi connectivity index (χ3n) is 0. The molecule has 0 fully saturated rings. The molecule has 0 aromatic carbocycles. The minimum atomic E-state index is 0. The standard InChI is InChI=1S/Al.Co.Na.O.2H/q;;+1;;;-1. The van der Waals surface area contributed by atoms with E-state index < -0.39 is 0 Å². The van der Waals surface area contributed by atoms with Crippen molar-refractivity contribution in [2.24, 2.45) is 0 Å². The molecule has 0 unspecified atom stereocenters. The maximum atomic E-state index is 8.28. The second kappa shape index (κ2) is 21.1. The van der Waals surface area contributed by atoms with Gasteiger partial charge in [0.1, 0.15) is 0 Å². The Kier molecular flexibility index (Phi) is 89.4. The molecule has 1 nitrogen and oxygen atoms in total. The predicted molar refractivity (Wildman–Crippen MR) is 8.95 cm³/mol. The zero-order valence-electron chi connectivity index (χ0n) is 3.45. The molecular weight excluding hydrogens is 125 g/mol. The molecular formula is H2AlCoNaO. The second-order valence-electron chi connectivity index (χ2n) is 0. The van der Waals surface area contributed by atoms with E-state index in [1.807, 2.05) is 0 Å². The SMILES string of the molecule is [Co].[H-].[Na+].[O]=[AlH]. The first kappa shape index (κ1) is 17.0. The number of hydrogen-bond acceptors (Lipinski definition) is 1. The van der Waals surface area contributed by atoms with Crippen molar-refractivity contribution in [3.63, 3.8) is 0 Å². The van der Waals surface area contributed by atoms with Gasteiger partial charge in [0.15, 0.2) is 0 Å². The van der Waals surface area contributed by atoms with Gasteiger partial charge >= 0.3 is 49.6 Å². The van der Waals surface area contributed by atoms with Crippen LogP contribution in [0.15, 0.2) is 0 Å². The van der Waals surface area contributed by atoms with Crippen LogP contribution in [0.2, 0.25) is 0 Å². The minimum absolute atomic E-state index is 0. The number of rotatable bonds is 0. The molecule has 0 spiro atoms. The van der Waals surface area contributed by atoms with Crippen molar-refractivity contribution in [1.82, 2.24) is 0 Å². The topological polar surface area (TPSA) is 17.1 Å². The van der Waals surface area contributed by atoms with Gasteiger partial charge in [-0.1, -0.05) is 0 Å². The molecule has 0 aliphatic heterocycles. The Morgan fingerprint density at radius 3 is 1.50 bits per heavy atom. The maximum absolute atomic E-state index is 8.28. The van der Waals surface area contributed by atoms with Crippen molar-refractivity contribution in [1.29, 1.82) is 0 Å². The first-order valence-electron chi connectivity index (χ1n) is 0.289. The molecule has 0 N–H and O–H groups in total. The second-order valence-corrected chi connectivity index (χ2v) is 0. The van der Waals surface area contributed by atoms with Gasteiger partial charge in [-0.05, 0) is 0 Å². The molecule has 0 aliphatic carbocycles. The molecule has 0 aromatic rings. The van der Waals surface area contributed by atoms with E-state index in [2.05, 4.69) is 0 Å². The van der Waals surface area contributed by atoms with Crippen molar-refractivity contribution < 1.29 is 51.6 Å². The summed E-state index contributed by atoms with van der Waals surface area (Å²) in [6.45, 7) is 0. The van der Waals surface area contributed by atoms with Gasteiger partial charge in [0.05, 0.1) is 0 Å². The monoisotopic (exact) mass is 127 g/mol. The van der Waals surface area contributed by atoms with E-state index >= 15 is 0 Å². The Balaban J connectivity index is -0.00000000167. The van der Waals surface area contributed by atoms with E-state index in [1.165, 1.54) is 0 Å². The molecule has 0 rings (SSSR count). The Labute approximate surface area is 67.1 Å². The summed E-state index contributed by atoms with van der Waals surface area (Å²) in [7, 11) is 0. The fraction of sp³-hybridized carbons (Fsp3) is 0. The number of hydrogen-bond donors (Lipinski definition) is 0. The average Bonchev–Trinajstić information content (AvgIpc) is 1.00. The summed E-state index contributed by atoms with van der Waals surface area (Å²) in [5.74, 6) is 0. The van der Waals surface area contributed by atoms with E-state index in [0.717, 1.165) is 0 Å². The van der Waals surface area contributed by atoms with E-state index in [9.17, 15) is 0 Å². The summed E-state index contributed by atoms with van der Waals surface area (Å²) in [5, 5.41) is 0. The van der Waals surface area contributed by atoms with Crippen LogP contribution in [0.1, 0.15) is 1.43 Å². The Morgan fingerprint density at radius 2 is 1.50 bits per heavy atom. The van der Waals surface area contributed by atoms with E-state index in [1.54, 1.807) is 0 Å². The van der Waals surface area contributed by atoms with E-state index in [4.69, 9.17) is 3.80 Å². The van der Waals surface area contributed by atoms with Crippen LogP contribution in [0.5, 0.6) is 0 Å². The molecule has 0 saturated carbocycles.